The Bertz CT molecular complexity index is 678. The predicted octanol–water partition coefficient (Wildman–Crippen LogP) is 6.85. The molecule has 7 rings (SSSR count). The van der Waals surface area contributed by atoms with E-state index in [0.29, 0.717) is 0 Å². The normalized spacial score (nSPS) is 73.1. The van der Waals surface area contributed by atoms with Crippen molar-refractivity contribution in [3.05, 3.63) is 0 Å². The number of hydrogen-bond donors (Lipinski definition) is 0. The molecule has 28 heavy (non-hydrogen) atoms. The summed E-state index contributed by atoms with van der Waals surface area (Å²) in [5.41, 5.74) is 0. The summed E-state index contributed by atoms with van der Waals surface area (Å²) >= 11 is 0. The van der Waals surface area contributed by atoms with Crippen LogP contribution in [0.2, 0.25) is 0 Å². The van der Waals surface area contributed by atoms with Crippen molar-refractivity contribution in [3.63, 3.8) is 0 Å². The molecular formula is C28H44. The molecule has 7 aliphatic carbocycles. The van der Waals surface area contributed by atoms with Crippen LogP contribution in [0.1, 0.15) is 67.2 Å². The standard InChI is InChI=1S/C28H44/c1-11-12(2)20-8-19(11)27-22-10-24(28(20)27)18(16(22)6)7-17-15(5)21-9-23(17)26-14(4)13(3)25(21)26/h11-28H,7-10H2,1-6H3. The second-order valence-corrected chi connectivity index (χ2v) is 13.7. The van der Waals surface area contributed by atoms with Crippen LogP contribution in [0, 0.1) is 107 Å². The summed E-state index contributed by atoms with van der Waals surface area (Å²) in [7, 11) is 0. The molecule has 18 unspecified atom stereocenters. The SMILES string of the molecule is CC1C(CC2C(C)C3CC2C2C4CC(C(C)C4C)C32)C2CC1C1C(C)C(C)C21. The average molecular weight is 381 g/mol. The van der Waals surface area contributed by atoms with Gasteiger partial charge in [0.25, 0.3) is 0 Å². The van der Waals surface area contributed by atoms with Gasteiger partial charge in [-0.05, 0) is 132 Å². The van der Waals surface area contributed by atoms with Crippen LogP contribution < -0.4 is 0 Å². The van der Waals surface area contributed by atoms with Gasteiger partial charge in [-0.25, -0.2) is 0 Å². The largest absolute Gasteiger partial charge is 0.0620 e. The van der Waals surface area contributed by atoms with E-state index >= 15 is 0 Å². The number of fused-ring (bicyclic) bond motifs is 14. The van der Waals surface area contributed by atoms with E-state index in [9.17, 15) is 0 Å². The van der Waals surface area contributed by atoms with Crippen molar-refractivity contribution in [2.45, 2.75) is 67.2 Å². The van der Waals surface area contributed by atoms with Gasteiger partial charge in [-0.1, -0.05) is 41.5 Å². The lowest BCUT2D eigenvalue weighted by atomic mass is 9.48. The summed E-state index contributed by atoms with van der Waals surface area (Å²) in [5.74, 6) is 19.7. The molecule has 0 heteroatoms. The molecule has 0 aromatic carbocycles. The van der Waals surface area contributed by atoms with E-state index in [1.54, 1.807) is 25.7 Å². The Labute approximate surface area is 174 Å². The molecule has 0 spiro atoms. The molecule has 156 valence electrons. The lowest BCUT2D eigenvalue weighted by Crippen LogP contribution is -2.52. The van der Waals surface area contributed by atoms with E-state index in [2.05, 4.69) is 41.5 Å². The third-order valence-electron chi connectivity index (χ3n) is 14.1. The molecule has 0 aromatic heterocycles. The lowest BCUT2D eigenvalue weighted by Gasteiger charge is -2.56. The maximum absolute atomic E-state index is 2.71. The molecule has 0 N–H and O–H groups in total. The first-order chi connectivity index (χ1) is 13.4. The van der Waals surface area contributed by atoms with Gasteiger partial charge in [-0.3, -0.25) is 0 Å². The second kappa shape index (κ2) is 5.43. The Morgan fingerprint density at radius 2 is 0.750 bits per heavy atom. The Hall–Kier alpha value is 0. The molecule has 0 amide bonds. The van der Waals surface area contributed by atoms with E-state index in [0.717, 1.165) is 107 Å². The highest BCUT2D eigenvalue weighted by Crippen LogP contribution is 2.75. The van der Waals surface area contributed by atoms with Crippen LogP contribution in [0.5, 0.6) is 0 Å². The molecule has 0 heterocycles. The second-order valence-electron chi connectivity index (χ2n) is 13.7. The fraction of sp³-hybridized carbons (Fsp3) is 1.00. The Morgan fingerprint density at radius 3 is 1.32 bits per heavy atom. The zero-order valence-electron chi connectivity index (χ0n) is 19.2. The van der Waals surface area contributed by atoms with E-state index < -0.39 is 0 Å². The van der Waals surface area contributed by atoms with Crippen LogP contribution in [0.4, 0.5) is 0 Å². The van der Waals surface area contributed by atoms with Crippen molar-refractivity contribution < 1.29 is 0 Å². The molecule has 6 bridgehead atoms. The van der Waals surface area contributed by atoms with E-state index in [4.69, 9.17) is 0 Å². The third-order valence-corrected chi connectivity index (χ3v) is 14.1. The van der Waals surface area contributed by atoms with Gasteiger partial charge < -0.3 is 0 Å². The minimum atomic E-state index is 1.03. The number of rotatable bonds is 2. The van der Waals surface area contributed by atoms with Gasteiger partial charge >= 0.3 is 0 Å². The quantitative estimate of drug-likeness (QED) is 0.459. The van der Waals surface area contributed by atoms with Crippen LogP contribution in [-0.2, 0) is 0 Å². The monoisotopic (exact) mass is 380 g/mol. The molecule has 0 radical (unpaired) electrons. The van der Waals surface area contributed by atoms with Gasteiger partial charge in [0, 0.05) is 0 Å². The minimum Gasteiger partial charge on any atom is -0.0620 e. The molecular weight excluding hydrogens is 336 g/mol. The smallest absolute Gasteiger partial charge is 0.0318 e. The number of hydrogen-bond acceptors (Lipinski definition) is 0. The van der Waals surface area contributed by atoms with Gasteiger partial charge in [-0.2, -0.15) is 0 Å². The molecule has 0 saturated heterocycles. The third kappa shape index (κ3) is 1.76. The first-order valence-corrected chi connectivity index (χ1v) is 13.4. The Balaban J connectivity index is 1.14. The fourth-order valence-corrected chi connectivity index (χ4v) is 12.7. The fourth-order valence-electron chi connectivity index (χ4n) is 12.7. The van der Waals surface area contributed by atoms with Crippen molar-refractivity contribution in [3.8, 4) is 0 Å². The maximum atomic E-state index is 2.71. The van der Waals surface area contributed by atoms with Crippen molar-refractivity contribution in [1.29, 1.82) is 0 Å². The summed E-state index contributed by atoms with van der Waals surface area (Å²) in [5, 5.41) is 0. The van der Waals surface area contributed by atoms with E-state index in [-0.39, 0.29) is 0 Å². The van der Waals surface area contributed by atoms with Gasteiger partial charge in [0.05, 0.1) is 0 Å². The van der Waals surface area contributed by atoms with Gasteiger partial charge in [0.15, 0.2) is 0 Å². The predicted molar refractivity (Wildman–Crippen MR) is 115 cm³/mol. The van der Waals surface area contributed by atoms with Crippen LogP contribution in [0.3, 0.4) is 0 Å². The van der Waals surface area contributed by atoms with Crippen LogP contribution in [0.25, 0.3) is 0 Å². The average Bonchev–Trinajstić information content (AvgIpc) is 3.47. The van der Waals surface area contributed by atoms with Crippen molar-refractivity contribution >= 4 is 0 Å². The summed E-state index contributed by atoms with van der Waals surface area (Å²) in [6.07, 6.45) is 6.52. The zero-order chi connectivity index (χ0) is 19.2. The molecule has 0 aliphatic heterocycles. The first kappa shape index (κ1) is 17.7. The highest BCUT2D eigenvalue weighted by atomic mass is 14.7. The van der Waals surface area contributed by atoms with Crippen molar-refractivity contribution in [1.82, 2.24) is 0 Å². The highest BCUT2D eigenvalue weighted by molar-refractivity contribution is 5.17. The van der Waals surface area contributed by atoms with Crippen molar-refractivity contribution in [2.75, 3.05) is 0 Å². The molecule has 0 nitrogen and oxygen atoms in total. The summed E-state index contributed by atoms with van der Waals surface area (Å²) in [4.78, 5) is 0. The van der Waals surface area contributed by atoms with Crippen LogP contribution in [0.15, 0.2) is 0 Å². The van der Waals surface area contributed by atoms with Gasteiger partial charge in [-0.15, -0.1) is 0 Å². The Morgan fingerprint density at radius 1 is 0.393 bits per heavy atom. The van der Waals surface area contributed by atoms with Crippen molar-refractivity contribution in [2.24, 2.45) is 107 Å². The minimum absolute atomic E-state index is 1.03. The maximum Gasteiger partial charge on any atom is -0.0318 e. The molecule has 7 aliphatic rings. The van der Waals surface area contributed by atoms with Crippen LogP contribution in [-0.4, -0.2) is 0 Å². The van der Waals surface area contributed by atoms with Gasteiger partial charge in [0.2, 0.25) is 0 Å². The molecule has 7 saturated carbocycles. The van der Waals surface area contributed by atoms with Gasteiger partial charge in [0.1, 0.15) is 0 Å². The molecule has 0 aromatic rings. The molecule has 7 fully saturated rings. The summed E-state index contributed by atoms with van der Waals surface area (Å²) in [6.45, 7) is 15.8. The lowest BCUT2D eigenvalue weighted by molar-refractivity contribution is -0.0883. The molecule has 18 atom stereocenters. The summed E-state index contributed by atoms with van der Waals surface area (Å²) < 4.78 is 0. The first-order valence-electron chi connectivity index (χ1n) is 13.4. The highest BCUT2D eigenvalue weighted by Gasteiger charge is 2.69. The van der Waals surface area contributed by atoms with E-state index in [1.807, 2.05) is 0 Å². The topological polar surface area (TPSA) is 0 Å². The summed E-state index contributed by atoms with van der Waals surface area (Å²) in [6, 6.07) is 0. The van der Waals surface area contributed by atoms with E-state index in [1.165, 1.54) is 0 Å². The zero-order valence-corrected chi connectivity index (χ0v) is 19.2. The van der Waals surface area contributed by atoms with Crippen LogP contribution >= 0.6 is 0 Å². The Kier molecular flexibility index (Phi) is 3.42.